The maximum absolute atomic E-state index is 8.86. The van der Waals surface area contributed by atoms with Crippen LogP contribution in [0.1, 0.15) is 5.56 Å². The normalized spacial score (nSPS) is 11.8. The molecule has 14 heavy (non-hydrogen) atoms. The number of aliphatic hydroxyl groups excluding tert-OH is 1. The molecule has 1 N–H and O–H groups in total. The van der Waals surface area contributed by atoms with E-state index in [2.05, 4.69) is 0 Å². The molecule has 3 nitrogen and oxygen atoms in total. The van der Waals surface area contributed by atoms with E-state index in [1.54, 1.807) is 7.11 Å². The second-order valence-corrected chi connectivity index (χ2v) is 3.06. The van der Waals surface area contributed by atoms with E-state index < -0.39 is 0 Å². The minimum absolute atomic E-state index is 0.103. The number of hydrogen-bond donors (Lipinski definition) is 1. The van der Waals surface area contributed by atoms with E-state index in [1.165, 1.54) is 0 Å². The Morgan fingerprint density at radius 1 is 1.57 bits per heavy atom. The van der Waals surface area contributed by atoms with E-state index in [4.69, 9.17) is 15.1 Å². The number of ether oxygens (including phenoxy) is 1. The maximum atomic E-state index is 8.86. The van der Waals surface area contributed by atoms with Crippen LogP contribution in [0.2, 0.25) is 0 Å². The second-order valence-electron chi connectivity index (χ2n) is 3.06. The first-order valence-corrected chi connectivity index (χ1v) is 4.43. The Bertz CT molecular complexity index is 330. The Morgan fingerprint density at radius 2 is 2.36 bits per heavy atom. The van der Waals surface area contributed by atoms with Crippen molar-refractivity contribution in [3.8, 4) is 11.8 Å². The van der Waals surface area contributed by atoms with Crippen LogP contribution in [0.3, 0.4) is 0 Å². The van der Waals surface area contributed by atoms with Crippen molar-refractivity contribution in [1.29, 1.82) is 5.26 Å². The highest BCUT2D eigenvalue weighted by atomic mass is 16.5. The molecule has 0 spiro atoms. The zero-order valence-electron chi connectivity index (χ0n) is 8.10. The fourth-order valence-electron chi connectivity index (χ4n) is 1.23. The first kappa shape index (κ1) is 10.6. The van der Waals surface area contributed by atoms with Crippen LogP contribution < -0.4 is 4.74 Å². The van der Waals surface area contributed by atoms with Crippen molar-refractivity contribution in [2.45, 2.75) is 6.42 Å². The van der Waals surface area contributed by atoms with Gasteiger partial charge in [-0.15, -0.1) is 0 Å². The summed E-state index contributed by atoms with van der Waals surface area (Å²) < 4.78 is 5.06. The van der Waals surface area contributed by atoms with Crippen molar-refractivity contribution in [2.24, 2.45) is 5.92 Å². The van der Waals surface area contributed by atoms with Gasteiger partial charge >= 0.3 is 0 Å². The smallest absolute Gasteiger partial charge is 0.119 e. The topological polar surface area (TPSA) is 53.2 Å². The van der Waals surface area contributed by atoms with Gasteiger partial charge in [-0.1, -0.05) is 12.1 Å². The van der Waals surface area contributed by atoms with Crippen LogP contribution >= 0.6 is 0 Å². The number of hydrogen-bond acceptors (Lipinski definition) is 3. The molecule has 0 saturated heterocycles. The van der Waals surface area contributed by atoms with Crippen molar-refractivity contribution in [3.63, 3.8) is 0 Å². The van der Waals surface area contributed by atoms with Crippen LogP contribution in [0.15, 0.2) is 24.3 Å². The highest BCUT2D eigenvalue weighted by Crippen LogP contribution is 2.15. The lowest BCUT2D eigenvalue weighted by Crippen LogP contribution is -2.06. The molecule has 0 heterocycles. The van der Waals surface area contributed by atoms with Gasteiger partial charge in [0.2, 0.25) is 0 Å². The summed E-state index contributed by atoms with van der Waals surface area (Å²) >= 11 is 0. The molecule has 0 aromatic heterocycles. The number of aliphatic hydroxyl groups is 1. The van der Waals surface area contributed by atoms with Gasteiger partial charge in [-0.25, -0.2) is 0 Å². The van der Waals surface area contributed by atoms with Crippen LogP contribution in [-0.4, -0.2) is 18.8 Å². The number of methoxy groups -OCH3 is 1. The van der Waals surface area contributed by atoms with E-state index in [1.807, 2.05) is 30.3 Å². The summed E-state index contributed by atoms with van der Waals surface area (Å²) in [6.45, 7) is -0.103. The van der Waals surface area contributed by atoms with Gasteiger partial charge < -0.3 is 9.84 Å². The number of nitrogens with zero attached hydrogens (tertiary/aromatic N) is 1. The average Bonchev–Trinajstić information content (AvgIpc) is 2.26. The summed E-state index contributed by atoms with van der Waals surface area (Å²) in [5.41, 5.74) is 1.00. The molecule has 0 aliphatic carbocycles. The third-order valence-electron chi connectivity index (χ3n) is 2.02. The van der Waals surface area contributed by atoms with E-state index >= 15 is 0 Å². The number of benzene rings is 1. The molecule has 1 rings (SSSR count). The van der Waals surface area contributed by atoms with Crippen molar-refractivity contribution in [1.82, 2.24) is 0 Å². The van der Waals surface area contributed by atoms with Crippen LogP contribution in [0.5, 0.6) is 5.75 Å². The molecule has 0 unspecified atom stereocenters. The number of nitriles is 1. The zero-order valence-corrected chi connectivity index (χ0v) is 8.10. The summed E-state index contributed by atoms with van der Waals surface area (Å²) in [5.74, 6) is 0.444. The summed E-state index contributed by atoms with van der Waals surface area (Å²) in [4.78, 5) is 0. The first-order chi connectivity index (χ1) is 6.80. The van der Waals surface area contributed by atoms with Crippen molar-refractivity contribution in [3.05, 3.63) is 29.8 Å². The van der Waals surface area contributed by atoms with Crippen LogP contribution in [0.4, 0.5) is 0 Å². The van der Waals surface area contributed by atoms with Gasteiger partial charge in [0, 0.05) is 0 Å². The van der Waals surface area contributed by atoms with E-state index in [-0.39, 0.29) is 12.5 Å². The monoisotopic (exact) mass is 191 g/mol. The molecule has 0 radical (unpaired) electrons. The van der Waals surface area contributed by atoms with Gasteiger partial charge in [-0.05, 0) is 24.1 Å². The molecule has 0 aliphatic heterocycles. The largest absolute Gasteiger partial charge is 0.497 e. The molecule has 1 aromatic carbocycles. The van der Waals surface area contributed by atoms with Gasteiger partial charge in [-0.3, -0.25) is 0 Å². The van der Waals surface area contributed by atoms with Crippen molar-refractivity contribution < 1.29 is 9.84 Å². The minimum Gasteiger partial charge on any atom is -0.497 e. The fraction of sp³-hybridized carbons (Fsp3) is 0.364. The summed E-state index contributed by atoms with van der Waals surface area (Å²) in [7, 11) is 1.60. The van der Waals surface area contributed by atoms with E-state index in [0.717, 1.165) is 11.3 Å². The Morgan fingerprint density at radius 3 is 2.93 bits per heavy atom. The average molecular weight is 191 g/mol. The SMILES string of the molecule is COc1cccc(C[C@H](C#N)CO)c1. The van der Waals surface area contributed by atoms with Gasteiger partial charge in [-0.2, -0.15) is 5.26 Å². The highest BCUT2D eigenvalue weighted by molar-refractivity contribution is 5.29. The van der Waals surface area contributed by atoms with Crippen LogP contribution in [0.25, 0.3) is 0 Å². The predicted octanol–water partition coefficient (Wildman–Crippen LogP) is 1.37. The molecular weight excluding hydrogens is 178 g/mol. The standard InChI is InChI=1S/C11H13NO2/c1-14-11-4-2-3-9(6-11)5-10(7-12)8-13/h2-4,6,10,13H,5,8H2,1H3/t10-/m1/s1. The van der Waals surface area contributed by atoms with Crippen molar-refractivity contribution in [2.75, 3.05) is 13.7 Å². The third kappa shape index (κ3) is 2.75. The van der Waals surface area contributed by atoms with E-state index in [9.17, 15) is 0 Å². The lowest BCUT2D eigenvalue weighted by molar-refractivity contribution is 0.255. The highest BCUT2D eigenvalue weighted by Gasteiger charge is 2.07. The van der Waals surface area contributed by atoms with Crippen LogP contribution in [-0.2, 0) is 6.42 Å². The van der Waals surface area contributed by atoms with E-state index in [0.29, 0.717) is 6.42 Å². The summed E-state index contributed by atoms with van der Waals surface area (Å²) in [6.07, 6.45) is 0.560. The second kappa shape index (κ2) is 5.25. The Balaban J connectivity index is 2.71. The third-order valence-corrected chi connectivity index (χ3v) is 2.02. The Kier molecular flexibility index (Phi) is 3.96. The fourth-order valence-corrected chi connectivity index (χ4v) is 1.23. The van der Waals surface area contributed by atoms with Gasteiger partial charge in [0.05, 0.1) is 25.7 Å². The molecule has 3 heteroatoms. The molecule has 0 fully saturated rings. The molecule has 0 saturated carbocycles. The molecule has 0 amide bonds. The minimum atomic E-state index is -0.331. The van der Waals surface area contributed by atoms with Gasteiger partial charge in [0.25, 0.3) is 0 Å². The summed E-state index contributed by atoms with van der Waals surface area (Å²) in [5, 5.41) is 17.5. The number of rotatable bonds is 4. The lowest BCUT2D eigenvalue weighted by atomic mass is 10.0. The quantitative estimate of drug-likeness (QED) is 0.782. The predicted molar refractivity (Wildman–Crippen MR) is 52.9 cm³/mol. The Hall–Kier alpha value is -1.53. The molecule has 0 aliphatic rings. The van der Waals surface area contributed by atoms with Gasteiger partial charge in [0.1, 0.15) is 5.75 Å². The molecule has 1 aromatic rings. The zero-order chi connectivity index (χ0) is 10.4. The molecule has 0 bridgehead atoms. The van der Waals surface area contributed by atoms with Gasteiger partial charge in [0.15, 0.2) is 0 Å². The lowest BCUT2D eigenvalue weighted by Gasteiger charge is -2.06. The molecule has 74 valence electrons. The van der Waals surface area contributed by atoms with Crippen LogP contribution in [0, 0.1) is 17.2 Å². The maximum Gasteiger partial charge on any atom is 0.119 e. The van der Waals surface area contributed by atoms with Crippen molar-refractivity contribution >= 4 is 0 Å². The molecular formula is C11H13NO2. The first-order valence-electron chi connectivity index (χ1n) is 4.43. The Labute approximate surface area is 83.6 Å². The summed E-state index contributed by atoms with van der Waals surface area (Å²) in [6, 6.07) is 9.57. The molecule has 1 atom stereocenters.